The van der Waals surface area contributed by atoms with Gasteiger partial charge in [0.05, 0.1) is 4.92 Å². The Bertz CT molecular complexity index is 588. The van der Waals surface area contributed by atoms with Gasteiger partial charge in [0, 0.05) is 24.2 Å². The molecule has 6 nitrogen and oxygen atoms in total. The third-order valence-electron chi connectivity index (χ3n) is 4.75. The number of hydrogen-bond donors (Lipinski definition) is 1. The molecule has 112 valence electrons. The SMILES string of the molecule is Nc1ccc(C(=O)N2CCC3CCCCC32)cc1[N+](=O)[O-]. The maximum atomic E-state index is 12.7. The Morgan fingerprint density at radius 3 is 2.81 bits per heavy atom. The van der Waals surface area contributed by atoms with Gasteiger partial charge in [-0.1, -0.05) is 12.8 Å². The van der Waals surface area contributed by atoms with Crippen LogP contribution in [0.1, 0.15) is 42.5 Å². The smallest absolute Gasteiger partial charge is 0.292 e. The Hall–Kier alpha value is -2.11. The minimum atomic E-state index is -0.542. The van der Waals surface area contributed by atoms with Crippen molar-refractivity contribution < 1.29 is 9.72 Å². The highest BCUT2D eigenvalue weighted by Crippen LogP contribution is 2.37. The molecule has 6 heteroatoms. The Morgan fingerprint density at radius 2 is 2.05 bits per heavy atom. The summed E-state index contributed by atoms with van der Waals surface area (Å²) in [6.07, 6.45) is 5.70. The quantitative estimate of drug-likeness (QED) is 0.514. The summed E-state index contributed by atoms with van der Waals surface area (Å²) in [5, 5.41) is 10.9. The lowest BCUT2D eigenvalue weighted by molar-refractivity contribution is -0.383. The van der Waals surface area contributed by atoms with Crippen LogP contribution in [0.3, 0.4) is 0 Å². The van der Waals surface area contributed by atoms with E-state index in [1.807, 2.05) is 4.90 Å². The zero-order chi connectivity index (χ0) is 15.0. The number of hydrogen-bond acceptors (Lipinski definition) is 4. The number of fused-ring (bicyclic) bond motifs is 1. The normalized spacial score (nSPS) is 24.7. The molecule has 2 N–H and O–H groups in total. The van der Waals surface area contributed by atoms with Gasteiger partial charge in [-0.05, 0) is 37.3 Å². The van der Waals surface area contributed by atoms with Gasteiger partial charge in [-0.15, -0.1) is 0 Å². The van der Waals surface area contributed by atoms with Gasteiger partial charge >= 0.3 is 0 Å². The molecular weight excluding hydrogens is 270 g/mol. The fourth-order valence-corrected chi connectivity index (χ4v) is 3.66. The van der Waals surface area contributed by atoms with Gasteiger partial charge in [0.2, 0.25) is 0 Å². The van der Waals surface area contributed by atoms with Gasteiger partial charge in [-0.25, -0.2) is 0 Å². The molecule has 2 aliphatic rings. The van der Waals surface area contributed by atoms with Crippen molar-refractivity contribution in [1.82, 2.24) is 4.90 Å². The van der Waals surface area contributed by atoms with Crippen molar-refractivity contribution in [2.75, 3.05) is 12.3 Å². The summed E-state index contributed by atoms with van der Waals surface area (Å²) >= 11 is 0. The molecule has 1 saturated heterocycles. The lowest BCUT2D eigenvalue weighted by atomic mass is 9.85. The van der Waals surface area contributed by atoms with Crippen molar-refractivity contribution in [2.24, 2.45) is 5.92 Å². The van der Waals surface area contributed by atoms with Crippen molar-refractivity contribution in [3.05, 3.63) is 33.9 Å². The highest BCUT2D eigenvalue weighted by atomic mass is 16.6. The second kappa shape index (κ2) is 5.35. The summed E-state index contributed by atoms with van der Waals surface area (Å²) in [4.78, 5) is 25.0. The van der Waals surface area contributed by atoms with Crippen LogP contribution < -0.4 is 5.73 Å². The second-order valence-corrected chi connectivity index (χ2v) is 5.93. The molecule has 2 fully saturated rings. The van der Waals surface area contributed by atoms with E-state index in [-0.39, 0.29) is 17.3 Å². The molecule has 1 saturated carbocycles. The molecule has 1 amide bonds. The number of rotatable bonds is 2. The molecule has 3 rings (SSSR count). The largest absolute Gasteiger partial charge is 0.393 e. The number of nitrogens with zero attached hydrogens (tertiary/aromatic N) is 2. The number of likely N-dealkylation sites (tertiary alicyclic amines) is 1. The zero-order valence-electron chi connectivity index (χ0n) is 11.8. The minimum absolute atomic E-state index is 0.0912. The van der Waals surface area contributed by atoms with Gasteiger partial charge < -0.3 is 10.6 Å². The molecule has 0 radical (unpaired) electrons. The van der Waals surface area contributed by atoms with E-state index in [2.05, 4.69) is 0 Å². The van der Waals surface area contributed by atoms with Crippen molar-refractivity contribution in [2.45, 2.75) is 38.1 Å². The van der Waals surface area contributed by atoms with Gasteiger partial charge in [-0.2, -0.15) is 0 Å². The first-order valence-electron chi connectivity index (χ1n) is 7.43. The number of nitro groups is 1. The summed E-state index contributed by atoms with van der Waals surface area (Å²) in [6, 6.07) is 4.64. The van der Waals surface area contributed by atoms with Gasteiger partial charge in [-0.3, -0.25) is 14.9 Å². The minimum Gasteiger partial charge on any atom is -0.393 e. The number of amides is 1. The van der Waals surface area contributed by atoms with Crippen molar-refractivity contribution >= 4 is 17.3 Å². The first kappa shape index (κ1) is 13.9. The van der Waals surface area contributed by atoms with Crippen LogP contribution in [0.4, 0.5) is 11.4 Å². The Morgan fingerprint density at radius 1 is 1.29 bits per heavy atom. The van der Waals surface area contributed by atoms with E-state index < -0.39 is 4.92 Å². The molecule has 2 atom stereocenters. The molecule has 2 unspecified atom stereocenters. The van der Waals surface area contributed by atoms with Crippen molar-refractivity contribution in [3.8, 4) is 0 Å². The average Bonchev–Trinajstić information content (AvgIpc) is 2.90. The number of benzene rings is 1. The molecule has 1 aromatic carbocycles. The highest BCUT2D eigenvalue weighted by Gasteiger charge is 2.38. The number of carbonyl (C=O) groups excluding carboxylic acids is 1. The molecule has 1 heterocycles. The predicted molar refractivity (Wildman–Crippen MR) is 78.9 cm³/mol. The van der Waals surface area contributed by atoms with Crippen LogP contribution >= 0.6 is 0 Å². The number of carbonyl (C=O) groups is 1. The second-order valence-electron chi connectivity index (χ2n) is 5.93. The molecule has 0 spiro atoms. The van der Waals surface area contributed by atoms with E-state index >= 15 is 0 Å². The number of anilines is 1. The third kappa shape index (κ3) is 2.46. The monoisotopic (exact) mass is 289 g/mol. The number of nitrogens with two attached hydrogens (primary N) is 1. The van der Waals surface area contributed by atoms with E-state index in [9.17, 15) is 14.9 Å². The van der Waals surface area contributed by atoms with Crippen LogP contribution in [0.2, 0.25) is 0 Å². The van der Waals surface area contributed by atoms with Gasteiger partial charge in [0.25, 0.3) is 11.6 Å². The zero-order valence-corrected chi connectivity index (χ0v) is 11.8. The Balaban J connectivity index is 1.85. The van der Waals surface area contributed by atoms with Crippen LogP contribution in [0.15, 0.2) is 18.2 Å². The van der Waals surface area contributed by atoms with Crippen LogP contribution in [0, 0.1) is 16.0 Å². The van der Waals surface area contributed by atoms with Crippen LogP contribution in [0.5, 0.6) is 0 Å². The Kier molecular flexibility index (Phi) is 3.53. The highest BCUT2D eigenvalue weighted by molar-refractivity contribution is 5.96. The maximum absolute atomic E-state index is 12.7. The standard InChI is InChI=1S/C15H19N3O3/c16-12-6-5-11(9-14(12)18(20)21)15(19)17-8-7-10-3-1-2-4-13(10)17/h5-6,9-10,13H,1-4,7-8,16H2. The van der Waals surface area contributed by atoms with Crippen molar-refractivity contribution in [1.29, 1.82) is 0 Å². The van der Waals surface area contributed by atoms with E-state index in [0.717, 1.165) is 25.8 Å². The predicted octanol–water partition coefficient (Wildman–Crippen LogP) is 2.58. The topological polar surface area (TPSA) is 89.5 Å². The average molecular weight is 289 g/mol. The lowest BCUT2D eigenvalue weighted by Gasteiger charge is -2.31. The van der Waals surface area contributed by atoms with Crippen molar-refractivity contribution in [3.63, 3.8) is 0 Å². The van der Waals surface area contributed by atoms with E-state index in [4.69, 9.17) is 5.73 Å². The summed E-state index contributed by atoms with van der Waals surface area (Å²) in [5.74, 6) is 0.499. The molecule has 1 aliphatic carbocycles. The lowest BCUT2D eigenvalue weighted by Crippen LogP contribution is -2.39. The maximum Gasteiger partial charge on any atom is 0.292 e. The summed E-state index contributed by atoms with van der Waals surface area (Å²) < 4.78 is 0. The molecule has 1 aromatic rings. The third-order valence-corrected chi connectivity index (χ3v) is 4.75. The van der Waals surface area contributed by atoms with Gasteiger partial charge in [0.15, 0.2) is 0 Å². The first-order chi connectivity index (χ1) is 10.1. The molecular formula is C15H19N3O3. The van der Waals surface area contributed by atoms with Gasteiger partial charge in [0.1, 0.15) is 5.69 Å². The van der Waals surface area contributed by atoms with E-state index in [0.29, 0.717) is 17.5 Å². The fraction of sp³-hybridized carbons (Fsp3) is 0.533. The molecule has 0 bridgehead atoms. The number of nitrogen functional groups attached to an aromatic ring is 1. The van der Waals surface area contributed by atoms with E-state index in [1.165, 1.54) is 25.0 Å². The molecule has 1 aliphatic heterocycles. The fourth-order valence-electron chi connectivity index (χ4n) is 3.66. The summed E-state index contributed by atoms with van der Waals surface area (Å²) in [5.41, 5.74) is 5.84. The van der Waals surface area contributed by atoms with Crippen LogP contribution in [-0.4, -0.2) is 28.3 Å². The first-order valence-corrected chi connectivity index (χ1v) is 7.43. The number of nitro benzene ring substituents is 1. The van der Waals surface area contributed by atoms with Crippen LogP contribution in [-0.2, 0) is 0 Å². The van der Waals surface area contributed by atoms with Crippen LogP contribution in [0.25, 0.3) is 0 Å². The Labute approximate surface area is 123 Å². The molecule has 0 aromatic heterocycles. The summed E-state index contributed by atoms with van der Waals surface area (Å²) in [6.45, 7) is 0.756. The molecule has 21 heavy (non-hydrogen) atoms. The van der Waals surface area contributed by atoms with E-state index in [1.54, 1.807) is 6.07 Å². The summed E-state index contributed by atoms with van der Waals surface area (Å²) in [7, 11) is 0.